The van der Waals surface area contributed by atoms with E-state index >= 15 is 0 Å². The van der Waals surface area contributed by atoms with Gasteiger partial charge in [-0.25, -0.2) is 8.42 Å². The largest absolute Gasteiger partial charge is 0.394 e. The molecule has 5 nitrogen and oxygen atoms in total. The number of piperidine rings is 1. The number of nitrogens with two attached hydrogens (primary N) is 1. The standard InChI is InChI=1S/C10H20N2O3S/c11-10(8-13)3-1-4-12(7-10)9-2-5-16(14,15)6-9/h9,13H,1-8,11H2. The Labute approximate surface area is 96.5 Å². The van der Waals surface area contributed by atoms with Crippen LogP contribution in [0.1, 0.15) is 19.3 Å². The quantitative estimate of drug-likeness (QED) is 0.652. The van der Waals surface area contributed by atoms with Crippen molar-refractivity contribution in [3.63, 3.8) is 0 Å². The molecular weight excluding hydrogens is 228 g/mol. The van der Waals surface area contributed by atoms with Gasteiger partial charge in [0.15, 0.2) is 9.84 Å². The van der Waals surface area contributed by atoms with E-state index in [1.54, 1.807) is 0 Å². The molecule has 2 rings (SSSR count). The van der Waals surface area contributed by atoms with Crippen molar-refractivity contribution in [2.45, 2.75) is 30.8 Å². The van der Waals surface area contributed by atoms with Crippen molar-refractivity contribution in [1.29, 1.82) is 0 Å². The molecule has 0 bridgehead atoms. The summed E-state index contributed by atoms with van der Waals surface area (Å²) in [4.78, 5) is 2.14. The Balaban J connectivity index is 2.01. The third-order valence-corrected chi connectivity index (χ3v) is 5.43. The van der Waals surface area contributed by atoms with Crippen molar-refractivity contribution in [1.82, 2.24) is 4.90 Å². The molecule has 0 aliphatic carbocycles. The van der Waals surface area contributed by atoms with E-state index in [2.05, 4.69) is 4.90 Å². The second kappa shape index (κ2) is 4.25. The first-order chi connectivity index (χ1) is 7.44. The Morgan fingerprint density at radius 3 is 2.81 bits per heavy atom. The first-order valence-corrected chi connectivity index (χ1v) is 7.60. The number of hydrogen-bond donors (Lipinski definition) is 2. The molecule has 0 amide bonds. The Hall–Kier alpha value is -0.170. The zero-order valence-electron chi connectivity index (χ0n) is 9.43. The van der Waals surface area contributed by atoms with E-state index < -0.39 is 15.4 Å². The molecule has 6 heteroatoms. The van der Waals surface area contributed by atoms with Crippen molar-refractivity contribution in [2.24, 2.45) is 5.73 Å². The topological polar surface area (TPSA) is 83.6 Å². The number of sulfone groups is 1. The van der Waals surface area contributed by atoms with E-state index in [9.17, 15) is 13.5 Å². The number of hydrogen-bond acceptors (Lipinski definition) is 5. The molecule has 2 atom stereocenters. The average Bonchev–Trinajstić information content (AvgIpc) is 2.59. The molecule has 0 saturated carbocycles. The molecule has 0 radical (unpaired) electrons. The van der Waals surface area contributed by atoms with Gasteiger partial charge >= 0.3 is 0 Å². The summed E-state index contributed by atoms with van der Waals surface area (Å²) in [6, 6.07) is 0.111. The zero-order chi connectivity index (χ0) is 11.8. The highest BCUT2D eigenvalue weighted by Gasteiger charge is 2.38. The van der Waals surface area contributed by atoms with Crippen LogP contribution in [0.5, 0.6) is 0 Å². The molecule has 2 heterocycles. The number of nitrogens with zero attached hydrogens (tertiary/aromatic N) is 1. The maximum Gasteiger partial charge on any atom is 0.151 e. The summed E-state index contributed by atoms with van der Waals surface area (Å²) >= 11 is 0. The molecule has 2 saturated heterocycles. The molecule has 2 fully saturated rings. The van der Waals surface area contributed by atoms with Crippen LogP contribution in [0.15, 0.2) is 0 Å². The first kappa shape index (κ1) is 12.3. The average molecular weight is 248 g/mol. The van der Waals surface area contributed by atoms with Crippen molar-refractivity contribution in [3.05, 3.63) is 0 Å². The van der Waals surface area contributed by atoms with E-state index in [1.807, 2.05) is 0 Å². The highest BCUT2D eigenvalue weighted by Crippen LogP contribution is 2.25. The van der Waals surface area contributed by atoms with E-state index in [-0.39, 0.29) is 18.4 Å². The molecule has 0 aromatic carbocycles. The number of aliphatic hydroxyl groups excluding tert-OH is 1. The normalized spacial score (nSPS) is 40.0. The molecule has 0 aromatic heterocycles. The number of likely N-dealkylation sites (tertiary alicyclic amines) is 1. The zero-order valence-corrected chi connectivity index (χ0v) is 10.2. The van der Waals surface area contributed by atoms with Crippen molar-refractivity contribution in [2.75, 3.05) is 31.2 Å². The van der Waals surface area contributed by atoms with Gasteiger partial charge in [0.25, 0.3) is 0 Å². The van der Waals surface area contributed by atoms with Gasteiger partial charge in [-0.05, 0) is 25.8 Å². The lowest BCUT2D eigenvalue weighted by atomic mass is 9.90. The fraction of sp³-hybridized carbons (Fsp3) is 1.00. The van der Waals surface area contributed by atoms with Crippen LogP contribution in [-0.4, -0.2) is 61.2 Å². The van der Waals surface area contributed by atoms with Crippen LogP contribution >= 0.6 is 0 Å². The first-order valence-electron chi connectivity index (χ1n) is 5.78. The van der Waals surface area contributed by atoms with Crippen LogP contribution < -0.4 is 5.73 Å². The van der Waals surface area contributed by atoms with Gasteiger partial charge in [-0.15, -0.1) is 0 Å². The second-order valence-corrected chi connectivity index (χ2v) is 7.38. The molecule has 2 unspecified atom stereocenters. The Morgan fingerprint density at radius 2 is 2.25 bits per heavy atom. The van der Waals surface area contributed by atoms with E-state index in [0.29, 0.717) is 18.7 Å². The van der Waals surface area contributed by atoms with Crippen molar-refractivity contribution >= 4 is 9.84 Å². The van der Waals surface area contributed by atoms with Gasteiger partial charge in [0, 0.05) is 12.6 Å². The molecule has 94 valence electrons. The lowest BCUT2D eigenvalue weighted by Crippen LogP contribution is -2.58. The minimum absolute atomic E-state index is 0.0248. The fourth-order valence-electron chi connectivity index (χ4n) is 2.70. The second-order valence-electron chi connectivity index (χ2n) is 5.15. The summed E-state index contributed by atoms with van der Waals surface area (Å²) in [6.45, 7) is 1.49. The predicted octanol–water partition coefficient (Wildman–Crippen LogP) is -1.04. The van der Waals surface area contributed by atoms with Gasteiger partial charge in [-0.1, -0.05) is 0 Å². The summed E-state index contributed by atoms with van der Waals surface area (Å²) < 4.78 is 22.8. The number of aliphatic hydroxyl groups is 1. The summed E-state index contributed by atoms with van der Waals surface area (Å²) in [7, 11) is -2.83. The number of rotatable bonds is 2. The maximum absolute atomic E-state index is 11.4. The van der Waals surface area contributed by atoms with Gasteiger partial charge in [0.2, 0.25) is 0 Å². The third kappa shape index (κ3) is 2.56. The SMILES string of the molecule is NC1(CO)CCCN(C2CCS(=O)(=O)C2)C1. The Morgan fingerprint density at radius 1 is 1.50 bits per heavy atom. The molecule has 2 aliphatic rings. The van der Waals surface area contributed by atoms with Gasteiger partial charge in [0.05, 0.1) is 23.7 Å². The molecule has 0 spiro atoms. The van der Waals surface area contributed by atoms with Crippen molar-refractivity contribution in [3.8, 4) is 0 Å². The van der Waals surface area contributed by atoms with Crippen LogP contribution in [0.2, 0.25) is 0 Å². The van der Waals surface area contributed by atoms with Crippen molar-refractivity contribution < 1.29 is 13.5 Å². The summed E-state index contributed by atoms with van der Waals surface area (Å²) in [6.07, 6.45) is 2.47. The van der Waals surface area contributed by atoms with E-state index in [1.165, 1.54) is 0 Å². The molecule has 2 aliphatic heterocycles. The lowest BCUT2D eigenvalue weighted by molar-refractivity contribution is 0.0733. The van der Waals surface area contributed by atoms with Gasteiger partial charge in [-0.3, -0.25) is 4.90 Å². The van der Waals surface area contributed by atoms with Crippen LogP contribution in [0, 0.1) is 0 Å². The third-order valence-electron chi connectivity index (χ3n) is 3.68. The Bertz CT molecular complexity index is 357. The predicted molar refractivity (Wildman–Crippen MR) is 61.9 cm³/mol. The molecule has 3 N–H and O–H groups in total. The lowest BCUT2D eigenvalue weighted by Gasteiger charge is -2.41. The van der Waals surface area contributed by atoms with Gasteiger partial charge in [-0.2, -0.15) is 0 Å². The minimum atomic E-state index is -2.83. The highest BCUT2D eigenvalue weighted by atomic mass is 32.2. The van der Waals surface area contributed by atoms with E-state index in [0.717, 1.165) is 19.4 Å². The summed E-state index contributed by atoms with van der Waals surface area (Å²) in [5, 5.41) is 9.24. The molecular formula is C10H20N2O3S. The molecule has 16 heavy (non-hydrogen) atoms. The van der Waals surface area contributed by atoms with Gasteiger partial charge in [0.1, 0.15) is 0 Å². The molecule has 0 aromatic rings. The monoisotopic (exact) mass is 248 g/mol. The smallest absolute Gasteiger partial charge is 0.151 e. The highest BCUT2D eigenvalue weighted by molar-refractivity contribution is 7.91. The van der Waals surface area contributed by atoms with Crippen LogP contribution in [0.3, 0.4) is 0 Å². The fourth-order valence-corrected chi connectivity index (χ4v) is 4.46. The van der Waals surface area contributed by atoms with E-state index in [4.69, 9.17) is 5.73 Å². The van der Waals surface area contributed by atoms with Crippen LogP contribution in [0.25, 0.3) is 0 Å². The Kier molecular flexibility index (Phi) is 3.27. The van der Waals surface area contributed by atoms with Gasteiger partial charge < -0.3 is 10.8 Å². The van der Waals surface area contributed by atoms with Crippen LogP contribution in [0.4, 0.5) is 0 Å². The van der Waals surface area contributed by atoms with Crippen LogP contribution in [-0.2, 0) is 9.84 Å². The summed E-state index contributed by atoms with van der Waals surface area (Å²) in [5.74, 6) is 0.555. The summed E-state index contributed by atoms with van der Waals surface area (Å²) in [5.41, 5.74) is 5.51. The minimum Gasteiger partial charge on any atom is -0.394 e. The maximum atomic E-state index is 11.4.